The van der Waals surface area contributed by atoms with E-state index in [1.54, 1.807) is 0 Å². The minimum Gasteiger partial charge on any atom is -0.408 e. The molecule has 2 nitrogen and oxygen atoms in total. The zero-order chi connectivity index (χ0) is 12.2. The molecule has 0 N–H and O–H groups in total. The van der Waals surface area contributed by atoms with Crippen molar-refractivity contribution >= 4 is 19.4 Å². The van der Waals surface area contributed by atoms with Crippen LogP contribution < -0.4 is 10.4 Å². The summed E-state index contributed by atoms with van der Waals surface area (Å²) in [6.45, 7) is 1.57. The summed E-state index contributed by atoms with van der Waals surface area (Å²) < 4.78 is 11.4. The van der Waals surface area contributed by atoms with Crippen LogP contribution in [0.5, 0.6) is 0 Å². The zero-order valence-electron chi connectivity index (χ0n) is 10.2. The fourth-order valence-electron chi connectivity index (χ4n) is 2.01. The molecule has 0 aliphatic carbocycles. The molecule has 2 aromatic carbocycles. The van der Waals surface area contributed by atoms with E-state index in [9.17, 15) is 0 Å². The van der Waals surface area contributed by atoms with Gasteiger partial charge in [-0.3, -0.25) is 0 Å². The molecule has 2 aromatic rings. The quantitative estimate of drug-likeness (QED) is 0.587. The number of ether oxygens (including phenoxy) is 1. The van der Waals surface area contributed by atoms with Crippen molar-refractivity contribution in [1.29, 1.82) is 0 Å². The third-order valence-electron chi connectivity index (χ3n) is 3.06. The van der Waals surface area contributed by atoms with Crippen molar-refractivity contribution in [2.45, 2.75) is 6.10 Å². The Morgan fingerprint density at radius 2 is 1.44 bits per heavy atom. The first kappa shape index (κ1) is 11.7. The minimum absolute atomic E-state index is 0.326. The van der Waals surface area contributed by atoms with Gasteiger partial charge in [-0.05, 0) is 10.4 Å². The van der Waals surface area contributed by atoms with Crippen molar-refractivity contribution in [2.75, 3.05) is 13.2 Å². The van der Waals surface area contributed by atoms with Crippen LogP contribution in [0.3, 0.4) is 0 Å². The molecule has 0 amide bonds. The first-order valence-electron chi connectivity index (χ1n) is 6.26. The van der Waals surface area contributed by atoms with Crippen LogP contribution in [0, 0.1) is 0 Å². The second-order valence-corrected chi connectivity index (χ2v) is 6.92. The van der Waals surface area contributed by atoms with Crippen LogP contribution in [-0.4, -0.2) is 28.4 Å². The maximum Gasteiger partial charge on any atom is 0.239 e. The monoisotopic (exact) mass is 256 g/mol. The molecule has 0 radical (unpaired) electrons. The van der Waals surface area contributed by atoms with E-state index in [1.165, 1.54) is 10.4 Å². The molecule has 1 aliphatic heterocycles. The van der Waals surface area contributed by atoms with E-state index in [4.69, 9.17) is 9.16 Å². The molecule has 3 rings (SSSR count). The maximum atomic E-state index is 6.15. The van der Waals surface area contributed by atoms with Gasteiger partial charge in [0.05, 0.1) is 13.2 Å². The standard InChI is InChI=1S/C15H16O2Si/c1-3-7-14(8-4-1)18(17-12-13-11-16-13)15-9-5-2-6-10-15/h1-10,13,18H,11-12H2/t13-/m0/s1. The summed E-state index contributed by atoms with van der Waals surface area (Å²) in [5.74, 6) is 0. The fraction of sp³-hybridized carbons (Fsp3) is 0.200. The molecule has 92 valence electrons. The first-order chi connectivity index (χ1) is 8.93. The SMILES string of the molecule is c1ccc([SiH](OC[C@@H]2CO2)c2ccccc2)cc1. The molecule has 0 aromatic heterocycles. The molecular weight excluding hydrogens is 240 g/mol. The van der Waals surface area contributed by atoms with Crippen LogP contribution >= 0.6 is 0 Å². The Kier molecular flexibility index (Phi) is 3.55. The summed E-state index contributed by atoms with van der Waals surface area (Å²) in [5, 5.41) is 2.65. The Morgan fingerprint density at radius 1 is 0.944 bits per heavy atom. The average Bonchev–Trinajstić information content (AvgIpc) is 3.26. The summed E-state index contributed by atoms with van der Waals surface area (Å²) in [5.41, 5.74) is 0. The van der Waals surface area contributed by atoms with Crippen LogP contribution in [0.15, 0.2) is 60.7 Å². The molecule has 0 bridgehead atoms. The van der Waals surface area contributed by atoms with E-state index in [0.717, 1.165) is 13.2 Å². The Hall–Kier alpha value is -1.42. The predicted octanol–water partition coefficient (Wildman–Crippen LogP) is 0.940. The van der Waals surface area contributed by atoms with Crippen LogP contribution in [0.25, 0.3) is 0 Å². The molecule has 1 aliphatic rings. The second kappa shape index (κ2) is 5.48. The van der Waals surface area contributed by atoms with Gasteiger partial charge in [-0.2, -0.15) is 0 Å². The maximum absolute atomic E-state index is 6.15. The summed E-state index contributed by atoms with van der Waals surface area (Å²) in [4.78, 5) is 0. The van der Waals surface area contributed by atoms with E-state index in [2.05, 4.69) is 48.5 Å². The van der Waals surface area contributed by atoms with Crippen LogP contribution in [0.2, 0.25) is 0 Å². The van der Waals surface area contributed by atoms with E-state index in [1.807, 2.05) is 12.1 Å². The topological polar surface area (TPSA) is 21.8 Å². The second-order valence-electron chi connectivity index (χ2n) is 4.49. The van der Waals surface area contributed by atoms with Gasteiger partial charge in [0.25, 0.3) is 0 Å². The van der Waals surface area contributed by atoms with Gasteiger partial charge in [0.2, 0.25) is 9.04 Å². The molecule has 0 unspecified atom stereocenters. The van der Waals surface area contributed by atoms with Gasteiger partial charge in [0.1, 0.15) is 6.10 Å². The lowest BCUT2D eigenvalue weighted by atomic mass is 10.4. The number of benzene rings is 2. The molecular formula is C15H16O2Si. The Bertz CT molecular complexity index is 443. The lowest BCUT2D eigenvalue weighted by molar-refractivity contribution is 0.271. The minimum atomic E-state index is -1.55. The highest BCUT2D eigenvalue weighted by Gasteiger charge is 2.26. The van der Waals surface area contributed by atoms with Crippen molar-refractivity contribution < 1.29 is 9.16 Å². The van der Waals surface area contributed by atoms with Gasteiger partial charge >= 0.3 is 0 Å². The largest absolute Gasteiger partial charge is 0.408 e. The van der Waals surface area contributed by atoms with Crippen LogP contribution in [0.4, 0.5) is 0 Å². The Morgan fingerprint density at radius 3 is 1.89 bits per heavy atom. The normalized spacial score (nSPS) is 17.9. The van der Waals surface area contributed by atoms with Crippen LogP contribution in [0.1, 0.15) is 0 Å². The van der Waals surface area contributed by atoms with Gasteiger partial charge < -0.3 is 9.16 Å². The smallest absolute Gasteiger partial charge is 0.239 e. The lowest BCUT2D eigenvalue weighted by Gasteiger charge is -2.16. The fourth-order valence-corrected chi connectivity index (χ4v) is 4.33. The summed E-state index contributed by atoms with van der Waals surface area (Å²) >= 11 is 0. The van der Waals surface area contributed by atoms with Gasteiger partial charge in [0.15, 0.2) is 0 Å². The lowest BCUT2D eigenvalue weighted by Crippen LogP contribution is -2.45. The highest BCUT2D eigenvalue weighted by atomic mass is 28.3. The van der Waals surface area contributed by atoms with Crippen molar-refractivity contribution in [3.05, 3.63) is 60.7 Å². The first-order valence-corrected chi connectivity index (χ1v) is 7.89. The van der Waals surface area contributed by atoms with E-state index < -0.39 is 9.04 Å². The van der Waals surface area contributed by atoms with Crippen molar-refractivity contribution in [2.24, 2.45) is 0 Å². The predicted molar refractivity (Wildman–Crippen MR) is 75.0 cm³/mol. The molecule has 3 heteroatoms. The third-order valence-corrected chi connectivity index (χ3v) is 5.56. The van der Waals surface area contributed by atoms with E-state index >= 15 is 0 Å². The molecule has 18 heavy (non-hydrogen) atoms. The van der Waals surface area contributed by atoms with E-state index in [-0.39, 0.29) is 0 Å². The molecule has 1 fully saturated rings. The number of hydrogen-bond acceptors (Lipinski definition) is 2. The summed E-state index contributed by atoms with van der Waals surface area (Å²) in [6, 6.07) is 21.1. The Labute approximate surface area is 109 Å². The molecule has 1 saturated heterocycles. The van der Waals surface area contributed by atoms with Crippen molar-refractivity contribution in [3.63, 3.8) is 0 Å². The highest BCUT2D eigenvalue weighted by Crippen LogP contribution is 2.09. The van der Waals surface area contributed by atoms with Crippen LogP contribution in [-0.2, 0) is 9.16 Å². The average molecular weight is 256 g/mol. The van der Waals surface area contributed by atoms with Gasteiger partial charge in [-0.15, -0.1) is 0 Å². The third kappa shape index (κ3) is 2.87. The number of rotatable bonds is 5. The van der Waals surface area contributed by atoms with Gasteiger partial charge in [-0.25, -0.2) is 0 Å². The molecule has 1 heterocycles. The van der Waals surface area contributed by atoms with Crippen molar-refractivity contribution in [1.82, 2.24) is 0 Å². The highest BCUT2D eigenvalue weighted by molar-refractivity contribution is 6.80. The molecule has 0 spiro atoms. The number of hydrogen-bond donors (Lipinski definition) is 0. The van der Waals surface area contributed by atoms with Gasteiger partial charge in [-0.1, -0.05) is 60.7 Å². The van der Waals surface area contributed by atoms with Gasteiger partial charge in [0, 0.05) is 0 Å². The summed E-state index contributed by atoms with van der Waals surface area (Å²) in [7, 11) is -1.55. The van der Waals surface area contributed by atoms with Crippen molar-refractivity contribution in [3.8, 4) is 0 Å². The zero-order valence-corrected chi connectivity index (χ0v) is 11.3. The molecule has 1 atom stereocenters. The molecule has 0 saturated carbocycles. The number of epoxide rings is 1. The van der Waals surface area contributed by atoms with E-state index in [0.29, 0.717) is 6.10 Å². The Balaban J connectivity index is 1.83. The summed E-state index contributed by atoms with van der Waals surface area (Å²) in [6.07, 6.45) is 0.326.